The van der Waals surface area contributed by atoms with Crippen molar-refractivity contribution in [2.45, 2.75) is 45.3 Å². The predicted molar refractivity (Wildman–Crippen MR) is 117 cm³/mol. The normalized spacial score (nSPS) is 12.5. The van der Waals surface area contributed by atoms with Gasteiger partial charge < -0.3 is 24.6 Å². The first-order chi connectivity index (χ1) is 14.4. The fourth-order valence-electron chi connectivity index (χ4n) is 2.77. The largest absolute Gasteiger partial charge is 0.508 e. The second-order valence-electron chi connectivity index (χ2n) is 6.90. The molecule has 0 amide bonds. The first-order valence-corrected chi connectivity index (χ1v) is 11.8. The van der Waals surface area contributed by atoms with Gasteiger partial charge in [0.15, 0.2) is 5.78 Å². The Kier molecular flexibility index (Phi) is 9.37. The zero-order valence-corrected chi connectivity index (χ0v) is 18.3. The topological polar surface area (TPSA) is 105 Å². The Labute approximate surface area is 177 Å². The highest BCUT2D eigenvalue weighted by atomic mass is 31.2. The van der Waals surface area contributed by atoms with Crippen LogP contribution in [0, 0.1) is 0 Å². The Hall–Kier alpha value is -2.34. The number of carbonyl (C=O) groups is 1. The van der Waals surface area contributed by atoms with Gasteiger partial charge in [0, 0.05) is 11.3 Å². The molecule has 0 aliphatic rings. The van der Waals surface area contributed by atoms with Gasteiger partial charge >= 0.3 is 13.6 Å². The predicted octanol–water partition coefficient (Wildman–Crippen LogP) is 6.03. The van der Waals surface area contributed by atoms with E-state index in [1.807, 2.05) is 13.8 Å². The number of hydrogen-bond acceptors (Lipinski definition) is 6. The van der Waals surface area contributed by atoms with E-state index in [-0.39, 0.29) is 24.5 Å². The molecule has 0 saturated heterocycles. The molecule has 2 rings (SSSR count). The lowest BCUT2D eigenvalue weighted by Gasteiger charge is -2.29. The average Bonchev–Trinajstić information content (AvgIpc) is 2.73. The number of nitrogens with one attached hydrogen (secondary N) is 1. The number of phenolic OH excluding ortho intramolecular Hbond substituents is 1. The van der Waals surface area contributed by atoms with Crippen LogP contribution in [0.25, 0.3) is 0 Å². The smallest absolute Gasteiger partial charge is 0.357 e. The summed E-state index contributed by atoms with van der Waals surface area (Å²) in [6.45, 7) is 4.55. The molecule has 0 aliphatic carbocycles. The fraction of sp³-hybridized carbons (Fsp3) is 0.409. The number of rotatable bonds is 13. The first-order valence-electron chi connectivity index (χ1n) is 10.2. The molecule has 0 fully saturated rings. The van der Waals surface area contributed by atoms with Gasteiger partial charge in [0.25, 0.3) is 0 Å². The van der Waals surface area contributed by atoms with Crippen molar-refractivity contribution in [3.05, 3.63) is 59.7 Å². The van der Waals surface area contributed by atoms with Gasteiger partial charge in [-0.1, -0.05) is 44.9 Å². The zero-order chi connectivity index (χ0) is 22.0. The molecule has 8 heteroatoms. The molecule has 0 heterocycles. The van der Waals surface area contributed by atoms with Gasteiger partial charge in [-0.05, 0) is 43.2 Å². The minimum absolute atomic E-state index is 0.0319. The van der Waals surface area contributed by atoms with Crippen molar-refractivity contribution in [2.24, 2.45) is 0 Å². The number of benzene rings is 2. The number of anilines is 1. The van der Waals surface area contributed by atoms with Crippen LogP contribution in [-0.2, 0) is 13.6 Å². The van der Waals surface area contributed by atoms with E-state index in [1.165, 1.54) is 18.2 Å². The van der Waals surface area contributed by atoms with E-state index in [9.17, 15) is 14.5 Å². The van der Waals surface area contributed by atoms with Crippen LogP contribution in [0.5, 0.6) is 5.75 Å². The summed E-state index contributed by atoms with van der Waals surface area (Å²) in [5, 5.41) is 22.7. The van der Waals surface area contributed by atoms with Crippen LogP contribution >= 0.6 is 7.60 Å². The first kappa shape index (κ1) is 23.9. The standard InChI is InChI=1S/C22H30NO6P/c1-3-5-15-28-30(27,29-16-6-4-2)21(19-9-7-8-10-20(19)24)23-18-13-11-17(12-14-18)22(25)26/h7-14,21,23-24H,3-6,15-16H2,1-2H3,(H,25,26)/t21-/m1/s1. The van der Waals surface area contributed by atoms with Crippen LogP contribution < -0.4 is 5.32 Å². The van der Waals surface area contributed by atoms with Crippen molar-refractivity contribution in [1.82, 2.24) is 0 Å². The summed E-state index contributed by atoms with van der Waals surface area (Å²) in [5.74, 6) is -2.02. The maximum Gasteiger partial charge on any atom is 0.357 e. The number of hydrogen-bond donors (Lipinski definition) is 3. The molecule has 0 radical (unpaired) electrons. The summed E-state index contributed by atoms with van der Waals surface area (Å²) in [4.78, 5) is 11.1. The molecule has 30 heavy (non-hydrogen) atoms. The van der Waals surface area contributed by atoms with Crippen molar-refractivity contribution < 1.29 is 28.6 Å². The van der Waals surface area contributed by atoms with Crippen LogP contribution in [0.2, 0.25) is 0 Å². The van der Waals surface area contributed by atoms with E-state index in [4.69, 9.17) is 14.2 Å². The number of phenols is 1. The van der Waals surface area contributed by atoms with Crippen molar-refractivity contribution in [1.29, 1.82) is 0 Å². The number of carboxylic acid groups (broad SMARTS) is 1. The molecule has 7 nitrogen and oxygen atoms in total. The molecule has 2 aromatic carbocycles. The van der Waals surface area contributed by atoms with E-state index in [1.54, 1.807) is 30.3 Å². The fourth-order valence-corrected chi connectivity index (χ4v) is 4.78. The molecule has 164 valence electrons. The van der Waals surface area contributed by atoms with E-state index >= 15 is 0 Å². The van der Waals surface area contributed by atoms with E-state index in [2.05, 4.69) is 5.32 Å². The number of unbranched alkanes of at least 4 members (excludes halogenated alkanes) is 2. The summed E-state index contributed by atoms with van der Waals surface area (Å²) >= 11 is 0. The highest BCUT2D eigenvalue weighted by Gasteiger charge is 2.39. The Balaban J connectivity index is 2.41. The molecule has 3 N–H and O–H groups in total. The number of aromatic carboxylic acids is 1. The van der Waals surface area contributed by atoms with Gasteiger partial charge in [-0.3, -0.25) is 4.57 Å². The molecule has 0 spiro atoms. The Bertz CT molecular complexity index is 841. The SMILES string of the molecule is CCCCOP(=O)(OCCCC)[C@@H](Nc1ccc(C(=O)O)cc1)c1ccccc1O. The molecular weight excluding hydrogens is 405 g/mol. The number of para-hydroxylation sites is 1. The van der Waals surface area contributed by atoms with Gasteiger partial charge in [0.1, 0.15) is 5.75 Å². The summed E-state index contributed by atoms with van der Waals surface area (Å²) in [6, 6.07) is 12.7. The average molecular weight is 435 g/mol. The summed E-state index contributed by atoms with van der Waals surface area (Å²) < 4.78 is 25.5. The number of aromatic hydroxyl groups is 1. The molecule has 0 unspecified atom stereocenters. The maximum atomic E-state index is 13.9. The van der Waals surface area contributed by atoms with E-state index < -0.39 is 19.3 Å². The molecule has 0 aliphatic heterocycles. The van der Waals surface area contributed by atoms with Crippen LogP contribution in [-0.4, -0.2) is 29.4 Å². The quantitative estimate of drug-likeness (QED) is 0.261. The van der Waals surface area contributed by atoms with E-state index in [0.717, 1.165) is 25.7 Å². The Morgan fingerprint density at radius 2 is 1.57 bits per heavy atom. The molecule has 2 aromatic rings. The third-order valence-electron chi connectivity index (χ3n) is 4.52. The lowest BCUT2D eigenvalue weighted by atomic mass is 10.1. The summed E-state index contributed by atoms with van der Waals surface area (Å²) in [5.41, 5.74) is 1.06. The van der Waals surface area contributed by atoms with Crippen LogP contribution in [0.3, 0.4) is 0 Å². The molecular formula is C22H30NO6P. The minimum Gasteiger partial charge on any atom is -0.508 e. The van der Waals surface area contributed by atoms with Gasteiger partial charge in [-0.15, -0.1) is 0 Å². The van der Waals surface area contributed by atoms with Crippen LogP contribution in [0.1, 0.15) is 61.2 Å². The lowest BCUT2D eigenvalue weighted by Crippen LogP contribution is -2.16. The Morgan fingerprint density at radius 3 is 2.07 bits per heavy atom. The van der Waals surface area contributed by atoms with Crippen molar-refractivity contribution >= 4 is 19.3 Å². The van der Waals surface area contributed by atoms with E-state index in [0.29, 0.717) is 11.3 Å². The third kappa shape index (κ3) is 6.59. The molecule has 1 atom stereocenters. The van der Waals surface area contributed by atoms with Gasteiger partial charge in [-0.25, -0.2) is 4.79 Å². The van der Waals surface area contributed by atoms with Crippen LogP contribution in [0.4, 0.5) is 5.69 Å². The minimum atomic E-state index is -3.72. The molecule has 0 bridgehead atoms. The monoisotopic (exact) mass is 435 g/mol. The second-order valence-corrected chi connectivity index (χ2v) is 9.01. The summed E-state index contributed by atoms with van der Waals surface area (Å²) in [7, 11) is -3.72. The second kappa shape index (κ2) is 11.7. The highest BCUT2D eigenvalue weighted by molar-refractivity contribution is 7.54. The molecule has 0 saturated carbocycles. The molecule has 0 aromatic heterocycles. The lowest BCUT2D eigenvalue weighted by molar-refractivity contribution is 0.0697. The maximum absolute atomic E-state index is 13.9. The van der Waals surface area contributed by atoms with Gasteiger partial charge in [0.05, 0.1) is 18.8 Å². The van der Waals surface area contributed by atoms with Crippen molar-refractivity contribution in [3.8, 4) is 5.75 Å². The third-order valence-corrected chi connectivity index (χ3v) is 6.65. The van der Waals surface area contributed by atoms with Crippen molar-refractivity contribution in [3.63, 3.8) is 0 Å². The van der Waals surface area contributed by atoms with Crippen LogP contribution in [0.15, 0.2) is 48.5 Å². The Morgan fingerprint density at radius 1 is 1.00 bits per heavy atom. The van der Waals surface area contributed by atoms with Crippen molar-refractivity contribution in [2.75, 3.05) is 18.5 Å². The van der Waals surface area contributed by atoms with Gasteiger partial charge in [0.2, 0.25) is 0 Å². The zero-order valence-electron chi connectivity index (χ0n) is 17.4. The van der Waals surface area contributed by atoms with Gasteiger partial charge in [-0.2, -0.15) is 0 Å². The summed E-state index contributed by atoms with van der Waals surface area (Å²) in [6.07, 6.45) is 3.20. The number of carboxylic acids is 1. The highest BCUT2D eigenvalue weighted by Crippen LogP contribution is 2.62.